The summed E-state index contributed by atoms with van der Waals surface area (Å²) in [6, 6.07) is 16.3. The van der Waals surface area contributed by atoms with Crippen molar-refractivity contribution in [2.24, 2.45) is 0 Å². The number of carbonyl (C=O) groups is 2. The van der Waals surface area contributed by atoms with Gasteiger partial charge >= 0.3 is 5.97 Å². The second-order valence-corrected chi connectivity index (χ2v) is 10.2. The highest BCUT2D eigenvalue weighted by Crippen LogP contribution is 2.34. The van der Waals surface area contributed by atoms with Crippen LogP contribution < -0.4 is 10.9 Å². The van der Waals surface area contributed by atoms with Gasteiger partial charge in [0.2, 0.25) is 5.91 Å². The van der Waals surface area contributed by atoms with Crippen molar-refractivity contribution in [2.45, 2.75) is 42.1 Å². The first-order valence-electron chi connectivity index (χ1n) is 11.0. The number of aromatic nitrogens is 2. The molecule has 2 heterocycles. The maximum Gasteiger partial charge on any atom is 0.338 e. The molecular weight excluding hydrogens is 470 g/mol. The lowest BCUT2D eigenvalue weighted by Crippen LogP contribution is -2.26. The Morgan fingerprint density at radius 3 is 2.62 bits per heavy atom. The molecule has 0 saturated heterocycles. The highest BCUT2D eigenvalue weighted by atomic mass is 32.2. The second kappa shape index (κ2) is 10.9. The fourth-order valence-corrected chi connectivity index (χ4v) is 5.51. The van der Waals surface area contributed by atoms with Gasteiger partial charge in [0.15, 0.2) is 5.16 Å². The zero-order valence-corrected chi connectivity index (χ0v) is 20.6. The van der Waals surface area contributed by atoms with Gasteiger partial charge in [-0.2, -0.15) is 0 Å². The molecular formula is C25H25N3O4S2. The lowest BCUT2D eigenvalue weighted by molar-refractivity contribution is -0.113. The maximum absolute atomic E-state index is 13.3. The summed E-state index contributed by atoms with van der Waals surface area (Å²) in [5.41, 5.74) is 2.75. The van der Waals surface area contributed by atoms with Crippen LogP contribution in [0.3, 0.4) is 0 Å². The molecule has 176 valence electrons. The molecule has 0 spiro atoms. The van der Waals surface area contributed by atoms with Crippen LogP contribution >= 0.6 is 23.5 Å². The van der Waals surface area contributed by atoms with E-state index < -0.39 is 5.97 Å². The van der Waals surface area contributed by atoms with Crippen molar-refractivity contribution >= 4 is 41.1 Å². The standard InChI is InChI=1S/C25H25N3O4S2/c1-3-32-24(31)18-9-11-19(12-10-18)26-21(29)15-33-25-27-20-13-16(2)34-22(20)23(30)28(25)14-17-7-5-4-6-8-17/h4-12,16H,3,13-15H2,1-2H3,(H,26,29)/t16-/m1/s1. The van der Waals surface area contributed by atoms with Gasteiger partial charge in [-0.15, -0.1) is 11.8 Å². The number of ether oxygens (including phenoxy) is 1. The normalized spacial score (nSPS) is 14.5. The minimum Gasteiger partial charge on any atom is -0.462 e. The molecule has 0 saturated carbocycles. The van der Waals surface area contributed by atoms with Crippen molar-refractivity contribution in [1.82, 2.24) is 9.55 Å². The van der Waals surface area contributed by atoms with Crippen LogP contribution in [0.25, 0.3) is 0 Å². The number of carbonyl (C=O) groups excluding carboxylic acids is 2. The molecule has 1 N–H and O–H groups in total. The Labute approximate surface area is 206 Å². The summed E-state index contributed by atoms with van der Waals surface area (Å²) in [6.07, 6.45) is 0.744. The van der Waals surface area contributed by atoms with Crippen LogP contribution in [0, 0.1) is 0 Å². The molecule has 4 rings (SSSR count). The topological polar surface area (TPSA) is 90.3 Å². The van der Waals surface area contributed by atoms with Gasteiger partial charge in [0.25, 0.3) is 5.56 Å². The molecule has 0 fully saturated rings. The summed E-state index contributed by atoms with van der Waals surface area (Å²) in [6.45, 7) is 4.53. The van der Waals surface area contributed by atoms with E-state index in [0.29, 0.717) is 39.7 Å². The van der Waals surface area contributed by atoms with E-state index in [1.807, 2.05) is 30.3 Å². The van der Waals surface area contributed by atoms with Crippen molar-refractivity contribution in [3.05, 3.63) is 81.8 Å². The number of fused-ring (bicyclic) bond motifs is 1. The number of esters is 1. The van der Waals surface area contributed by atoms with Gasteiger partial charge in [0.1, 0.15) is 0 Å². The largest absolute Gasteiger partial charge is 0.462 e. The first-order valence-corrected chi connectivity index (χ1v) is 12.8. The van der Waals surface area contributed by atoms with E-state index >= 15 is 0 Å². The van der Waals surface area contributed by atoms with Crippen molar-refractivity contribution in [3.8, 4) is 0 Å². The third-order valence-corrected chi connectivity index (χ3v) is 7.35. The van der Waals surface area contributed by atoms with Gasteiger partial charge in [0, 0.05) is 17.4 Å². The van der Waals surface area contributed by atoms with Crippen molar-refractivity contribution in [1.29, 1.82) is 0 Å². The zero-order valence-electron chi connectivity index (χ0n) is 18.9. The van der Waals surface area contributed by atoms with Gasteiger partial charge < -0.3 is 10.1 Å². The molecule has 1 amide bonds. The summed E-state index contributed by atoms with van der Waals surface area (Å²) in [5.74, 6) is -0.525. The van der Waals surface area contributed by atoms with Crippen LogP contribution in [-0.4, -0.2) is 39.0 Å². The monoisotopic (exact) mass is 495 g/mol. The van der Waals surface area contributed by atoms with Gasteiger partial charge in [-0.05, 0) is 36.8 Å². The highest BCUT2D eigenvalue weighted by Gasteiger charge is 2.26. The first kappa shape index (κ1) is 24.1. The molecule has 0 aliphatic carbocycles. The average molecular weight is 496 g/mol. The second-order valence-electron chi connectivity index (χ2n) is 7.81. The summed E-state index contributed by atoms with van der Waals surface area (Å²) >= 11 is 2.81. The average Bonchev–Trinajstić information content (AvgIpc) is 3.21. The lowest BCUT2D eigenvalue weighted by atomic mass is 10.2. The van der Waals surface area contributed by atoms with E-state index in [4.69, 9.17) is 9.72 Å². The Bertz CT molecular complexity index is 1240. The van der Waals surface area contributed by atoms with E-state index in [-0.39, 0.29) is 17.2 Å². The summed E-state index contributed by atoms with van der Waals surface area (Å²) in [7, 11) is 0. The molecule has 3 aromatic rings. The molecule has 0 radical (unpaired) electrons. The van der Waals surface area contributed by atoms with Crippen LogP contribution in [0.1, 0.15) is 35.5 Å². The number of benzene rings is 2. The van der Waals surface area contributed by atoms with Gasteiger partial charge in [-0.3, -0.25) is 14.2 Å². The quantitative estimate of drug-likeness (QED) is 0.284. The predicted octanol–water partition coefficient (Wildman–Crippen LogP) is 4.24. The zero-order chi connectivity index (χ0) is 24.1. The van der Waals surface area contributed by atoms with Crippen molar-refractivity contribution in [3.63, 3.8) is 0 Å². The maximum atomic E-state index is 13.3. The molecule has 9 heteroatoms. The molecule has 7 nitrogen and oxygen atoms in total. The number of rotatable bonds is 8. The smallest absolute Gasteiger partial charge is 0.338 e. The van der Waals surface area contributed by atoms with Crippen LogP contribution in [0.2, 0.25) is 0 Å². The Kier molecular flexibility index (Phi) is 7.74. The van der Waals surface area contributed by atoms with E-state index in [2.05, 4.69) is 12.2 Å². The van der Waals surface area contributed by atoms with Gasteiger partial charge in [-0.25, -0.2) is 9.78 Å². The number of nitrogens with one attached hydrogen (secondary N) is 1. The minimum absolute atomic E-state index is 0.0549. The Morgan fingerprint density at radius 1 is 1.18 bits per heavy atom. The lowest BCUT2D eigenvalue weighted by Gasteiger charge is -2.14. The number of anilines is 1. The summed E-state index contributed by atoms with van der Waals surface area (Å²) < 4.78 is 6.63. The molecule has 1 aliphatic heterocycles. The van der Waals surface area contributed by atoms with Crippen molar-refractivity contribution in [2.75, 3.05) is 17.7 Å². The van der Waals surface area contributed by atoms with Crippen LogP contribution in [0.5, 0.6) is 0 Å². The van der Waals surface area contributed by atoms with Gasteiger partial charge in [-0.1, -0.05) is 49.0 Å². The fourth-order valence-electron chi connectivity index (χ4n) is 3.58. The third kappa shape index (κ3) is 5.71. The number of hydrogen-bond donors (Lipinski definition) is 1. The summed E-state index contributed by atoms with van der Waals surface area (Å²) in [5, 5.41) is 3.67. The fraction of sp³-hybridized carbons (Fsp3) is 0.280. The van der Waals surface area contributed by atoms with E-state index in [1.165, 1.54) is 11.8 Å². The molecule has 0 unspecified atom stereocenters. The van der Waals surface area contributed by atoms with Crippen LogP contribution in [0.15, 0.2) is 69.4 Å². The number of hydrogen-bond acceptors (Lipinski definition) is 7. The predicted molar refractivity (Wildman–Crippen MR) is 135 cm³/mol. The summed E-state index contributed by atoms with van der Waals surface area (Å²) in [4.78, 5) is 43.1. The molecule has 1 aromatic heterocycles. The van der Waals surface area contributed by atoms with Gasteiger partial charge in [0.05, 0.1) is 35.1 Å². The van der Waals surface area contributed by atoms with E-state index in [9.17, 15) is 14.4 Å². The number of nitrogens with zero attached hydrogens (tertiary/aromatic N) is 2. The Morgan fingerprint density at radius 2 is 1.91 bits per heavy atom. The number of thioether (sulfide) groups is 2. The van der Waals surface area contributed by atoms with E-state index in [1.54, 1.807) is 47.5 Å². The van der Waals surface area contributed by atoms with Crippen LogP contribution in [-0.2, 0) is 22.5 Å². The molecule has 1 aliphatic rings. The van der Waals surface area contributed by atoms with E-state index in [0.717, 1.165) is 17.7 Å². The SMILES string of the molecule is CCOC(=O)c1ccc(NC(=O)CSc2nc3c(c(=O)n2Cc2ccccc2)S[C@H](C)C3)cc1. The molecule has 2 aromatic carbocycles. The molecule has 1 atom stereocenters. The third-order valence-electron chi connectivity index (χ3n) is 5.16. The Hall–Kier alpha value is -3.04. The first-order chi connectivity index (χ1) is 16.4. The van der Waals surface area contributed by atoms with Crippen LogP contribution in [0.4, 0.5) is 5.69 Å². The minimum atomic E-state index is -0.400. The Balaban J connectivity index is 1.48. The number of amides is 1. The van der Waals surface area contributed by atoms with Crippen molar-refractivity contribution < 1.29 is 14.3 Å². The highest BCUT2D eigenvalue weighted by molar-refractivity contribution is 8.00. The molecule has 0 bridgehead atoms. The molecule has 34 heavy (non-hydrogen) atoms.